The van der Waals surface area contributed by atoms with Gasteiger partial charge in [-0.1, -0.05) is 11.6 Å². The number of nitrogens with zero attached hydrogens (tertiary/aromatic N) is 1. The minimum absolute atomic E-state index is 0.0165. The molecule has 0 N–H and O–H groups in total. The first kappa shape index (κ1) is 23.0. The lowest BCUT2D eigenvalue weighted by molar-refractivity contribution is -0.757. The van der Waals surface area contributed by atoms with E-state index < -0.39 is 41.7 Å². The standard InChI is InChI=1S/C18H18F3NO8/c1-10-6-11(2)15-12(7-10)8-13(16(30-15)18(19,20)21)17(24)28-9-27-14(23)4-3-5-29-22(25)26/h6-8,16H,3-5,9H2,1-2H3. The molecule has 0 bridgehead atoms. The van der Waals surface area contributed by atoms with Crippen molar-refractivity contribution in [2.24, 2.45) is 0 Å². The first-order valence-corrected chi connectivity index (χ1v) is 8.65. The number of aryl methyl sites for hydroxylation is 2. The van der Waals surface area contributed by atoms with Crippen LogP contribution < -0.4 is 4.74 Å². The molecule has 2 rings (SSSR count). The molecule has 0 aliphatic carbocycles. The van der Waals surface area contributed by atoms with Crippen LogP contribution in [0.25, 0.3) is 6.08 Å². The summed E-state index contributed by atoms with van der Waals surface area (Å²) in [7, 11) is 0. The maximum Gasteiger partial charge on any atom is 0.430 e. The highest BCUT2D eigenvalue weighted by molar-refractivity contribution is 5.96. The fourth-order valence-corrected chi connectivity index (χ4v) is 2.75. The number of carbonyl (C=O) groups is 2. The van der Waals surface area contributed by atoms with Gasteiger partial charge in [-0.2, -0.15) is 13.2 Å². The second-order valence-electron chi connectivity index (χ2n) is 6.37. The summed E-state index contributed by atoms with van der Waals surface area (Å²) in [5.74, 6) is -2.21. The Kier molecular flexibility index (Phi) is 7.24. The van der Waals surface area contributed by atoms with Crippen molar-refractivity contribution in [2.75, 3.05) is 13.4 Å². The number of fused-ring (bicyclic) bond motifs is 1. The Morgan fingerprint density at radius 3 is 2.57 bits per heavy atom. The Morgan fingerprint density at radius 2 is 1.93 bits per heavy atom. The van der Waals surface area contributed by atoms with Gasteiger partial charge >= 0.3 is 18.1 Å². The van der Waals surface area contributed by atoms with Crippen LogP contribution in [0.2, 0.25) is 0 Å². The molecule has 0 amide bonds. The molecule has 30 heavy (non-hydrogen) atoms. The zero-order valence-electron chi connectivity index (χ0n) is 16.0. The molecular weight excluding hydrogens is 415 g/mol. The largest absolute Gasteiger partial charge is 0.475 e. The van der Waals surface area contributed by atoms with Gasteiger partial charge in [-0.15, -0.1) is 10.1 Å². The van der Waals surface area contributed by atoms with Crippen LogP contribution in [-0.4, -0.2) is 42.7 Å². The molecule has 0 radical (unpaired) electrons. The highest BCUT2D eigenvalue weighted by Crippen LogP contribution is 2.39. The summed E-state index contributed by atoms with van der Waals surface area (Å²) >= 11 is 0. The lowest BCUT2D eigenvalue weighted by Crippen LogP contribution is -2.41. The van der Waals surface area contributed by atoms with Gasteiger partial charge in [0.15, 0.2) is 0 Å². The summed E-state index contributed by atoms with van der Waals surface area (Å²) in [6.45, 7) is 2.07. The van der Waals surface area contributed by atoms with Crippen LogP contribution in [0.15, 0.2) is 17.7 Å². The zero-order valence-corrected chi connectivity index (χ0v) is 16.0. The van der Waals surface area contributed by atoms with E-state index in [0.717, 1.165) is 11.6 Å². The molecule has 0 saturated heterocycles. The Balaban J connectivity index is 2.02. The predicted molar refractivity (Wildman–Crippen MR) is 93.6 cm³/mol. The number of esters is 2. The van der Waals surface area contributed by atoms with E-state index in [4.69, 9.17) is 4.74 Å². The quantitative estimate of drug-likeness (QED) is 0.202. The summed E-state index contributed by atoms with van der Waals surface area (Å²) in [6, 6.07) is 3.22. The number of carbonyl (C=O) groups excluding carboxylic acids is 2. The molecule has 12 heteroatoms. The van der Waals surface area contributed by atoms with Gasteiger partial charge in [0, 0.05) is 12.0 Å². The summed E-state index contributed by atoms with van der Waals surface area (Å²) in [4.78, 5) is 37.6. The number of rotatable bonds is 8. The van der Waals surface area contributed by atoms with Crippen molar-refractivity contribution in [3.8, 4) is 5.75 Å². The normalized spacial score (nSPS) is 15.4. The summed E-state index contributed by atoms with van der Waals surface area (Å²) in [6.07, 6.45) is -6.68. The van der Waals surface area contributed by atoms with E-state index in [1.807, 2.05) is 0 Å². The lowest BCUT2D eigenvalue weighted by atomic mass is 9.97. The van der Waals surface area contributed by atoms with Gasteiger partial charge < -0.3 is 19.0 Å². The molecule has 1 atom stereocenters. The number of benzene rings is 1. The van der Waals surface area contributed by atoms with Crippen LogP contribution in [0.3, 0.4) is 0 Å². The van der Waals surface area contributed by atoms with Crippen molar-refractivity contribution in [1.29, 1.82) is 0 Å². The fourth-order valence-electron chi connectivity index (χ4n) is 2.75. The number of ether oxygens (including phenoxy) is 3. The summed E-state index contributed by atoms with van der Waals surface area (Å²) in [5, 5.41) is 8.94. The topological polar surface area (TPSA) is 114 Å². The molecule has 1 heterocycles. The van der Waals surface area contributed by atoms with Gasteiger partial charge in [-0.05, 0) is 38.0 Å². The Hall–Kier alpha value is -3.31. The van der Waals surface area contributed by atoms with Crippen LogP contribution >= 0.6 is 0 Å². The van der Waals surface area contributed by atoms with Crippen molar-refractivity contribution >= 4 is 18.0 Å². The smallest absolute Gasteiger partial charge is 0.430 e. The van der Waals surface area contributed by atoms with Gasteiger partial charge in [-0.3, -0.25) is 4.79 Å². The lowest BCUT2D eigenvalue weighted by Gasteiger charge is -2.29. The second-order valence-corrected chi connectivity index (χ2v) is 6.37. The second kappa shape index (κ2) is 9.46. The Labute approximate surface area is 168 Å². The van der Waals surface area contributed by atoms with Crippen LogP contribution in [0.1, 0.15) is 29.5 Å². The highest BCUT2D eigenvalue weighted by atomic mass is 19.4. The predicted octanol–water partition coefficient (Wildman–Crippen LogP) is 3.04. The molecule has 0 spiro atoms. The van der Waals surface area contributed by atoms with Crippen molar-refractivity contribution in [3.63, 3.8) is 0 Å². The molecule has 1 aliphatic heterocycles. The van der Waals surface area contributed by atoms with Crippen LogP contribution in [-0.2, 0) is 23.9 Å². The first-order valence-electron chi connectivity index (χ1n) is 8.65. The van der Waals surface area contributed by atoms with Crippen LogP contribution in [0.4, 0.5) is 13.2 Å². The monoisotopic (exact) mass is 433 g/mol. The van der Waals surface area contributed by atoms with E-state index >= 15 is 0 Å². The van der Waals surface area contributed by atoms with Crippen LogP contribution in [0.5, 0.6) is 5.75 Å². The molecule has 0 saturated carbocycles. The first-order chi connectivity index (χ1) is 14.0. The molecule has 1 aromatic rings. The van der Waals surface area contributed by atoms with Gasteiger partial charge in [-0.25, -0.2) is 4.79 Å². The van der Waals surface area contributed by atoms with Gasteiger partial charge in [0.2, 0.25) is 12.9 Å². The average Bonchev–Trinajstić information content (AvgIpc) is 2.63. The van der Waals surface area contributed by atoms with E-state index in [1.165, 1.54) is 0 Å². The maximum absolute atomic E-state index is 13.4. The Bertz CT molecular complexity index is 866. The van der Waals surface area contributed by atoms with E-state index in [2.05, 4.69) is 14.3 Å². The summed E-state index contributed by atoms with van der Waals surface area (Å²) < 4.78 is 54.5. The van der Waals surface area contributed by atoms with E-state index in [-0.39, 0.29) is 25.2 Å². The van der Waals surface area contributed by atoms with E-state index in [1.54, 1.807) is 26.0 Å². The SMILES string of the molecule is Cc1cc(C)c2c(c1)C=C(C(=O)OCOC(=O)CCCO[N+](=O)[O-])C(C(F)(F)F)O2. The molecule has 0 aromatic heterocycles. The third-order valence-electron chi connectivity index (χ3n) is 3.94. The van der Waals surface area contributed by atoms with Crippen molar-refractivity contribution in [3.05, 3.63) is 44.5 Å². The zero-order chi connectivity index (χ0) is 22.5. The number of hydrogen-bond donors (Lipinski definition) is 0. The molecule has 1 aromatic carbocycles. The van der Waals surface area contributed by atoms with E-state index in [0.29, 0.717) is 11.1 Å². The average molecular weight is 433 g/mol. The fraction of sp³-hybridized carbons (Fsp3) is 0.444. The molecule has 164 valence electrons. The minimum atomic E-state index is -4.88. The van der Waals surface area contributed by atoms with Gasteiger partial charge in [0.05, 0.1) is 12.2 Å². The number of halogens is 3. The van der Waals surface area contributed by atoms with Gasteiger partial charge in [0.25, 0.3) is 5.09 Å². The highest BCUT2D eigenvalue weighted by Gasteiger charge is 2.49. The molecule has 0 fully saturated rings. The molecular formula is C18H18F3NO8. The Morgan fingerprint density at radius 1 is 1.23 bits per heavy atom. The molecule has 1 aliphatic rings. The van der Waals surface area contributed by atoms with Crippen molar-refractivity contribution < 1.29 is 46.9 Å². The van der Waals surface area contributed by atoms with Gasteiger partial charge in [0.1, 0.15) is 5.75 Å². The number of alkyl halides is 3. The third-order valence-corrected chi connectivity index (χ3v) is 3.94. The summed E-state index contributed by atoms with van der Waals surface area (Å²) in [5.41, 5.74) is 0.760. The number of hydrogen-bond acceptors (Lipinski definition) is 8. The van der Waals surface area contributed by atoms with E-state index in [9.17, 15) is 32.9 Å². The molecule has 9 nitrogen and oxygen atoms in total. The van der Waals surface area contributed by atoms with Crippen molar-refractivity contribution in [2.45, 2.75) is 39.0 Å². The minimum Gasteiger partial charge on any atom is -0.475 e. The maximum atomic E-state index is 13.4. The van der Waals surface area contributed by atoms with Crippen molar-refractivity contribution in [1.82, 2.24) is 0 Å². The van der Waals surface area contributed by atoms with Crippen LogP contribution in [0, 0.1) is 24.0 Å². The molecule has 1 unspecified atom stereocenters. The third kappa shape index (κ3) is 6.09.